The fraction of sp³-hybridized carbons (Fsp3) is 0.542. The van der Waals surface area contributed by atoms with E-state index in [1.165, 1.54) is 31.2 Å². The molecule has 1 saturated heterocycles. The number of urea groups is 2. The van der Waals surface area contributed by atoms with Gasteiger partial charge in [-0.2, -0.15) is 21.7 Å². The normalized spacial score (nSPS) is 23.9. The first-order chi connectivity index (χ1) is 18.3. The van der Waals surface area contributed by atoms with Crippen LogP contribution in [-0.2, 0) is 40.0 Å². The van der Waals surface area contributed by atoms with Crippen molar-refractivity contribution < 1.29 is 39.6 Å². The first-order valence-corrected chi connectivity index (χ1v) is 15.5. The van der Waals surface area contributed by atoms with E-state index in [1.54, 1.807) is 6.92 Å². The zero-order valence-corrected chi connectivity index (χ0v) is 23.5. The van der Waals surface area contributed by atoms with Gasteiger partial charge in [0.25, 0.3) is 15.9 Å². The Labute approximate surface area is 227 Å². The molecule has 2 aliphatic heterocycles. The van der Waals surface area contributed by atoms with Crippen molar-refractivity contribution in [3.05, 3.63) is 41.0 Å². The van der Waals surface area contributed by atoms with Gasteiger partial charge >= 0.3 is 28.4 Å². The lowest BCUT2D eigenvalue weighted by atomic mass is 9.87. The highest BCUT2D eigenvalue weighted by atomic mass is 32.3. The van der Waals surface area contributed by atoms with E-state index in [9.17, 15) is 31.2 Å². The number of carbonyl (C=O) groups is 3. The standard InChI is InChI=1S/C24H32N4O9S2/c1-4-20-16(3)24(36-39(34,35)37-24)28(21(20)29)23(31)25-14-13-17-7-11-19(12-8-17)38(32,33)27-22(30)26-18-9-5-15(2)6-10-18/h7-8,11-12,15,18H,4-6,9-10,13-14H2,1-3H3,(H,25,31)(H2,26,27,30). The molecule has 5 amide bonds. The van der Waals surface area contributed by atoms with Gasteiger partial charge in [0.15, 0.2) is 0 Å². The number of carbonyl (C=O) groups excluding carboxylic acids is 3. The third-order valence-electron chi connectivity index (χ3n) is 7.17. The summed E-state index contributed by atoms with van der Waals surface area (Å²) >= 11 is 0. The number of hydrogen-bond donors (Lipinski definition) is 3. The molecule has 0 radical (unpaired) electrons. The van der Waals surface area contributed by atoms with Crippen LogP contribution in [0.25, 0.3) is 0 Å². The smallest absolute Gasteiger partial charge is 0.337 e. The molecule has 1 aromatic carbocycles. The van der Waals surface area contributed by atoms with Crippen LogP contribution < -0.4 is 15.4 Å². The quantitative estimate of drug-likeness (QED) is 0.433. The molecule has 1 aliphatic carbocycles. The fourth-order valence-electron chi connectivity index (χ4n) is 4.94. The molecule has 3 aliphatic rings. The zero-order chi connectivity index (χ0) is 28.6. The fourth-order valence-corrected chi connectivity index (χ4v) is 6.82. The second kappa shape index (κ2) is 10.9. The summed E-state index contributed by atoms with van der Waals surface area (Å²) in [5.41, 5.74) is 1.07. The van der Waals surface area contributed by atoms with Crippen LogP contribution in [0.5, 0.6) is 0 Å². The number of hydrogen-bond acceptors (Lipinski definition) is 9. The Morgan fingerprint density at radius 3 is 2.28 bits per heavy atom. The Hall–Kier alpha value is -3.01. The van der Waals surface area contributed by atoms with Crippen LogP contribution in [0.2, 0.25) is 0 Å². The Morgan fingerprint density at radius 2 is 1.72 bits per heavy atom. The SMILES string of the molecule is CCC1=C(C)C2(OS(=O)(=O)O2)N(C(=O)NCCc2ccc(S(=O)(=O)NC(=O)NC3CCC(C)CC3)cc2)C1=O. The van der Waals surface area contributed by atoms with E-state index >= 15 is 0 Å². The predicted octanol–water partition coefficient (Wildman–Crippen LogP) is 2.02. The lowest BCUT2D eigenvalue weighted by molar-refractivity contribution is -0.224. The molecule has 2 fully saturated rings. The minimum Gasteiger partial charge on any atom is -0.337 e. The molecule has 13 nitrogen and oxygen atoms in total. The number of imide groups is 1. The van der Waals surface area contributed by atoms with E-state index in [0.29, 0.717) is 16.4 Å². The molecule has 0 aromatic heterocycles. The molecule has 39 heavy (non-hydrogen) atoms. The van der Waals surface area contributed by atoms with Gasteiger partial charge in [-0.15, -0.1) is 0 Å². The van der Waals surface area contributed by atoms with Gasteiger partial charge in [0.1, 0.15) is 0 Å². The first kappa shape index (κ1) is 29.0. The average Bonchev–Trinajstić information content (AvgIpc) is 3.05. The van der Waals surface area contributed by atoms with E-state index in [0.717, 1.165) is 25.7 Å². The van der Waals surface area contributed by atoms with Gasteiger partial charge < -0.3 is 10.6 Å². The Morgan fingerprint density at radius 1 is 1.10 bits per heavy atom. The summed E-state index contributed by atoms with van der Waals surface area (Å²) < 4.78 is 60.0. The summed E-state index contributed by atoms with van der Waals surface area (Å²) in [6, 6.07) is 4.04. The van der Waals surface area contributed by atoms with Crippen molar-refractivity contribution in [2.75, 3.05) is 6.54 Å². The van der Waals surface area contributed by atoms with Crippen LogP contribution in [0.15, 0.2) is 40.3 Å². The van der Waals surface area contributed by atoms with Crippen molar-refractivity contribution in [1.29, 1.82) is 0 Å². The Kier molecular flexibility index (Phi) is 8.08. The van der Waals surface area contributed by atoms with Crippen LogP contribution in [-0.4, -0.2) is 58.2 Å². The summed E-state index contributed by atoms with van der Waals surface area (Å²) in [5, 5.41) is 5.25. The number of amides is 5. The van der Waals surface area contributed by atoms with E-state index in [4.69, 9.17) is 8.37 Å². The molecular weight excluding hydrogens is 552 g/mol. The third-order valence-corrected chi connectivity index (χ3v) is 9.38. The largest absolute Gasteiger partial charge is 0.408 e. The topological polar surface area (TPSA) is 177 Å². The highest BCUT2D eigenvalue weighted by Gasteiger charge is 2.66. The molecule has 15 heteroatoms. The van der Waals surface area contributed by atoms with Crippen LogP contribution in [0.4, 0.5) is 9.59 Å². The highest BCUT2D eigenvalue weighted by Crippen LogP contribution is 2.47. The summed E-state index contributed by atoms with van der Waals surface area (Å²) in [7, 11) is -8.39. The maximum atomic E-state index is 12.8. The van der Waals surface area contributed by atoms with Gasteiger partial charge in [0.2, 0.25) is 0 Å². The van der Waals surface area contributed by atoms with Crippen molar-refractivity contribution in [3.63, 3.8) is 0 Å². The average molecular weight is 585 g/mol. The van der Waals surface area contributed by atoms with Crippen molar-refractivity contribution in [2.24, 2.45) is 5.92 Å². The van der Waals surface area contributed by atoms with Crippen molar-refractivity contribution in [1.82, 2.24) is 20.3 Å². The van der Waals surface area contributed by atoms with Gasteiger partial charge in [-0.1, -0.05) is 26.0 Å². The highest BCUT2D eigenvalue weighted by molar-refractivity contribution is 7.90. The van der Waals surface area contributed by atoms with Crippen LogP contribution in [0, 0.1) is 5.92 Å². The van der Waals surface area contributed by atoms with E-state index < -0.39 is 44.3 Å². The molecule has 2 heterocycles. The number of sulfonamides is 1. The number of nitrogens with zero attached hydrogens (tertiary/aromatic N) is 1. The minimum atomic E-state index is -4.31. The van der Waals surface area contributed by atoms with Gasteiger partial charge in [-0.25, -0.2) is 22.7 Å². The second-order valence-electron chi connectivity index (χ2n) is 9.92. The number of benzene rings is 1. The van der Waals surface area contributed by atoms with Gasteiger partial charge in [-0.3, -0.25) is 4.79 Å². The molecule has 4 rings (SSSR count). The maximum Gasteiger partial charge on any atom is 0.408 e. The van der Waals surface area contributed by atoms with Crippen LogP contribution in [0.3, 0.4) is 0 Å². The molecule has 0 bridgehead atoms. The minimum absolute atomic E-state index is 0.0404. The predicted molar refractivity (Wildman–Crippen MR) is 137 cm³/mol. The van der Waals surface area contributed by atoms with Crippen LogP contribution in [0.1, 0.15) is 58.4 Å². The molecule has 0 atom stereocenters. The van der Waals surface area contributed by atoms with Crippen molar-refractivity contribution in [3.8, 4) is 0 Å². The number of rotatable bonds is 7. The molecule has 214 valence electrons. The van der Waals surface area contributed by atoms with Gasteiger partial charge in [-0.05, 0) is 69.1 Å². The second-order valence-corrected chi connectivity index (χ2v) is 12.7. The van der Waals surface area contributed by atoms with E-state index in [-0.39, 0.29) is 41.5 Å². The van der Waals surface area contributed by atoms with Gasteiger partial charge in [0, 0.05) is 23.7 Å². The van der Waals surface area contributed by atoms with Crippen LogP contribution >= 0.6 is 0 Å². The molecule has 1 spiro atoms. The Balaban J connectivity index is 1.30. The monoisotopic (exact) mass is 584 g/mol. The summed E-state index contributed by atoms with van der Waals surface area (Å²) in [6.45, 7) is 5.33. The zero-order valence-electron chi connectivity index (χ0n) is 21.9. The summed E-state index contributed by atoms with van der Waals surface area (Å²) in [4.78, 5) is 38.3. The summed E-state index contributed by atoms with van der Waals surface area (Å²) in [6.07, 6.45) is 4.09. The molecular formula is C24H32N4O9S2. The van der Waals surface area contributed by atoms with E-state index in [1.807, 2.05) is 4.72 Å². The molecule has 0 unspecified atom stereocenters. The lowest BCUT2D eigenvalue weighted by Crippen LogP contribution is -2.64. The molecule has 1 aromatic rings. The van der Waals surface area contributed by atoms with Crippen molar-refractivity contribution >= 4 is 38.4 Å². The van der Waals surface area contributed by atoms with Gasteiger partial charge in [0.05, 0.1) is 4.90 Å². The molecule has 3 N–H and O–H groups in total. The third kappa shape index (κ3) is 5.95. The number of nitrogens with one attached hydrogen (secondary N) is 3. The summed E-state index contributed by atoms with van der Waals surface area (Å²) in [5.74, 6) is -2.23. The van der Waals surface area contributed by atoms with E-state index in [2.05, 4.69) is 17.6 Å². The van der Waals surface area contributed by atoms with Crippen molar-refractivity contribution in [2.45, 2.75) is 76.1 Å². The molecule has 1 saturated carbocycles. The Bertz CT molecular complexity index is 1390. The first-order valence-electron chi connectivity index (χ1n) is 12.7. The maximum absolute atomic E-state index is 12.8. The lowest BCUT2D eigenvalue weighted by Gasteiger charge is -2.41.